The fraction of sp³-hybridized carbons (Fsp3) is 0.625. The molecule has 0 aromatic carbocycles. The van der Waals surface area contributed by atoms with Crippen molar-refractivity contribution in [2.45, 2.75) is 44.9 Å². The Hall–Kier alpha value is -1.44. The van der Waals surface area contributed by atoms with Gasteiger partial charge in [-0.2, -0.15) is 0 Å². The predicted molar refractivity (Wildman–Crippen MR) is 86.8 cm³/mol. The Morgan fingerprint density at radius 1 is 1.48 bits per heavy atom. The van der Waals surface area contributed by atoms with Crippen molar-refractivity contribution < 1.29 is 19.4 Å². The summed E-state index contributed by atoms with van der Waals surface area (Å²) in [6.07, 6.45) is 2.53. The second-order valence-corrected chi connectivity index (χ2v) is 7.25. The smallest absolute Gasteiger partial charge is 0.317 e. The van der Waals surface area contributed by atoms with E-state index in [9.17, 15) is 9.59 Å². The monoisotopic (exact) mass is 338 g/mol. The van der Waals surface area contributed by atoms with E-state index >= 15 is 0 Å². The number of hydrogen-bond acceptors (Lipinski definition) is 5. The Bertz CT molecular complexity index is 571. The number of amides is 1. The molecule has 2 N–H and O–H groups in total. The van der Waals surface area contributed by atoms with Gasteiger partial charge in [-0.05, 0) is 31.0 Å². The lowest BCUT2D eigenvalue weighted by molar-refractivity contribution is -0.139. The van der Waals surface area contributed by atoms with Crippen LogP contribution in [0.15, 0.2) is 6.07 Å². The molecule has 1 amide bonds. The highest BCUT2D eigenvalue weighted by molar-refractivity contribution is 7.14. The third-order valence-electron chi connectivity index (χ3n) is 4.56. The van der Waals surface area contributed by atoms with Gasteiger partial charge in [-0.15, -0.1) is 11.3 Å². The lowest BCUT2D eigenvalue weighted by Gasteiger charge is -2.42. The summed E-state index contributed by atoms with van der Waals surface area (Å²) in [4.78, 5) is 27.1. The maximum Gasteiger partial charge on any atom is 0.317 e. The summed E-state index contributed by atoms with van der Waals surface area (Å²) >= 11 is 1.56. The summed E-state index contributed by atoms with van der Waals surface area (Å²) < 4.78 is 5.41. The van der Waals surface area contributed by atoms with E-state index < -0.39 is 5.97 Å². The van der Waals surface area contributed by atoms with E-state index in [2.05, 4.69) is 5.32 Å². The van der Waals surface area contributed by atoms with Crippen molar-refractivity contribution in [2.75, 3.05) is 19.7 Å². The molecule has 1 aliphatic carbocycles. The van der Waals surface area contributed by atoms with Crippen LogP contribution in [0.1, 0.15) is 39.9 Å². The van der Waals surface area contributed by atoms with Crippen molar-refractivity contribution in [3.05, 3.63) is 21.4 Å². The molecule has 2 heterocycles. The molecule has 0 atom stereocenters. The van der Waals surface area contributed by atoms with Crippen molar-refractivity contribution in [3.63, 3.8) is 0 Å². The zero-order chi connectivity index (χ0) is 16.4. The Morgan fingerprint density at radius 3 is 2.91 bits per heavy atom. The molecule has 0 unspecified atom stereocenters. The van der Waals surface area contributed by atoms with Crippen LogP contribution in [0.2, 0.25) is 0 Å². The minimum Gasteiger partial charge on any atom is -0.480 e. The van der Waals surface area contributed by atoms with Crippen LogP contribution in [0.4, 0.5) is 0 Å². The normalized spacial score (nSPS) is 23.2. The highest BCUT2D eigenvalue weighted by Crippen LogP contribution is 2.29. The van der Waals surface area contributed by atoms with Gasteiger partial charge in [0.2, 0.25) is 0 Å². The van der Waals surface area contributed by atoms with Gasteiger partial charge in [-0.25, -0.2) is 0 Å². The number of carboxylic acid groups (broad SMARTS) is 1. The van der Waals surface area contributed by atoms with Crippen LogP contribution in [0.25, 0.3) is 0 Å². The molecule has 1 aromatic heterocycles. The van der Waals surface area contributed by atoms with Gasteiger partial charge in [0.1, 0.15) is 0 Å². The fourth-order valence-corrected chi connectivity index (χ4v) is 4.24. The molecule has 1 aliphatic heterocycles. The standard InChI is InChI=1S/C16H22N2O4S/c1-2-18(8-15(19)20)12-6-11(7-12)17-16(21)14-5-10-9-22-4-3-13(10)23-14/h5,11-12H,2-4,6-9H2,1H3,(H,17,21)(H,19,20). The number of carboxylic acids is 1. The number of fused-ring (bicyclic) bond motifs is 1. The molecular formula is C16H22N2O4S. The maximum absolute atomic E-state index is 12.3. The maximum atomic E-state index is 12.3. The van der Waals surface area contributed by atoms with E-state index in [1.165, 1.54) is 4.88 Å². The van der Waals surface area contributed by atoms with Gasteiger partial charge >= 0.3 is 5.97 Å². The first kappa shape index (κ1) is 16.4. The Labute approximate surface area is 139 Å². The highest BCUT2D eigenvalue weighted by Gasteiger charge is 2.35. The van der Waals surface area contributed by atoms with E-state index in [1.54, 1.807) is 11.3 Å². The van der Waals surface area contributed by atoms with E-state index in [0.717, 1.165) is 42.9 Å². The number of carbonyl (C=O) groups excluding carboxylic acids is 1. The Kier molecular flexibility index (Phi) is 4.99. The molecule has 0 saturated heterocycles. The molecule has 0 spiro atoms. The SMILES string of the molecule is CCN(CC(=O)O)C1CC(NC(=O)c2cc3c(s2)CCOC3)C1. The molecule has 1 aromatic rings. The topological polar surface area (TPSA) is 78.9 Å². The third kappa shape index (κ3) is 3.73. The number of hydrogen-bond donors (Lipinski definition) is 2. The molecule has 2 aliphatic rings. The van der Waals surface area contributed by atoms with E-state index in [0.29, 0.717) is 6.61 Å². The summed E-state index contributed by atoms with van der Waals surface area (Å²) in [6, 6.07) is 2.34. The van der Waals surface area contributed by atoms with Crippen LogP contribution < -0.4 is 5.32 Å². The quantitative estimate of drug-likeness (QED) is 0.821. The average Bonchev–Trinajstić information content (AvgIpc) is 2.92. The fourth-order valence-electron chi connectivity index (χ4n) is 3.19. The summed E-state index contributed by atoms with van der Waals surface area (Å²) in [5, 5.41) is 12.0. The van der Waals surface area contributed by atoms with Crippen LogP contribution in [0.3, 0.4) is 0 Å². The number of carbonyl (C=O) groups is 2. The molecule has 1 saturated carbocycles. The first-order valence-electron chi connectivity index (χ1n) is 8.02. The molecule has 23 heavy (non-hydrogen) atoms. The first-order chi connectivity index (χ1) is 11.1. The summed E-state index contributed by atoms with van der Waals surface area (Å²) in [5.41, 5.74) is 1.14. The lowest BCUT2D eigenvalue weighted by atomic mass is 9.85. The Balaban J connectivity index is 1.50. The van der Waals surface area contributed by atoms with Crippen LogP contribution >= 0.6 is 11.3 Å². The van der Waals surface area contributed by atoms with Crippen molar-refractivity contribution in [1.82, 2.24) is 10.2 Å². The van der Waals surface area contributed by atoms with Crippen molar-refractivity contribution in [2.24, 2.45) is 0 Å². The molecule has 3 rings (SSSR count). The largest absolute Gasteiger partial charge is 0.480 e. The number of rotatable bonds is 6. The number of thiophene rings is 1. The second-order valence-electron chi connectivity index (χ2n) is 6.11. The van der Waals surface area contributed by atoms with E-state index in [4.69, 9.17) is 9.84 Å². The minimum absolute atomic E-state index is 0.0193. The molecular weight excluding hydrogens is 316 g/mol. The number of likely N-dealkylation sites (N-methyl/N-ethyl adjacent to an activating group) is 1. The van der Waals surface area contributed by atoms with Crippen molar-refractivity contribution >= 4 is 23.2 Å². The molecule has 0 radical (unpaired) electrons. The molecule has 126 valence electrons. The number of nitrogens with zero attached hydrogens (tertiary/aromatic N) is 1. The van der Waals surface area contributed by atoms with Gasteiger partial charge in [0.25, 0.3) is 5.91 Å². The van der Waals surface area contributed by atoms with Gasteiger partial charge in [0.15, 0.2) is 0 Å². The van der Waals surface area contributed by atoms with Gasteiger partial charge in [0, 0.05) is 23.4 Å². The highest BCUT2D eigenvalue weighted by atomic mass is 32.1. The molecule has 6 nitrogen and oxygen atoms in total. The summed E-state index contributed by atoms with van der Waals surface area (Å²) in [6.45, 7) is 4.09. The van der Waals surface area contributed by atoms with Crippen molar-refractivity contribution in [1.29, 1.82) is 0 Å². The summed E-state index contributed by atoms with van der Waals surface area (Å²) in [5.74, 6) is -0.820. The minimum atomic E-state index is -0.800. The van der Waals surface area contributed by atoms with Crippen LogP contribution in [0, 0.1) is 0 Å². The zero-order valence-electron chi connectivity index (χ0n) is 13.2. The molecule has 0 bridgehead atoms. The molecule has 1 fully saturated rings. The lowest BCUT2D eigenvalue weighted by Crippen LogP contribution is -2.54. The number of ether oxygens (including phenoxy) is 1. The van der Waals surface area contributed by atoms with Crippen molar-refractivity contribution in [3.8, 4) is 0 Å². The molecule has 7 heteroatoms. The third-order valence-corrected chi connectivity index (χ3v) is 5.80. The Morgan fingerprint density at radius 2 is 2.26 bits per heavy atom. The van der Waals surface area contributed by atoms with E-state index in [1.807, 2.05) is 17.9 Å². The summed E-state index contributed by atoms with van der Waals surface area (Å²) in [7, 11) is 0. The average molecular weight is 338 g/mol. The van der Waals surface area contributed by atoms with Gasteiger partial charge in [-0.3, -0.25) is 14.5 Å². The van der Waals surface area contributed by atoms with Crippen LogP contribution in [0.5, 0.6) is 0 Å². The van der Waals surface area contributed by atoms with Gasteiger partial charge in [0.05, 0.1) is 24.6 Å². The van der Waals surface area contributed by atoms with Gasteiger partial charge < -0.3 is 15.2 Å². The first-order valence-corrected chi connectivity index (χ1v) is 8.84. The van der Waals surface area contributed by atoms with Gasteiger partial charge in [-0.1, -0.05) is 6.92 Å². The second kappa shape index (κ2) is 6.98. The predicted octanol–water partition coefficient (Wildman–Crippen LogP) is 1.49. The van der Waals surface area contributed by atoms with Crippen LogP contribution in [-0.2, 0) is 22.6 Å². The number of nitrogens with one attached hydrogen (secondary N) is 1. The number of aliphatic carboxylic acids is 1. The van der Waals surface area contributed by atoms with Crippen LogP contribution in [-0.4, -0.2) is 53.7 Å². The van der Waals surface area contributed by atoms with E-state index in [-0.39, 0.29) is 24.5 Å². The zero-order valence-corrected chi connectivity index (χ0v) is 14.0.